The molecule has 0 saturated carbocycles. The molecule has 1 aliphatic rings. The molecule has 3 rings (SSSR count). The van der Waals surface area contributed by atoms with Gasteiger partial charge in [0, 0.05) is 20.1 Å². The molecule has 2 aromatic rings. The zero-order valence-corrected chi connectivity index (χ0v) is 15.2. The molecular formula is C19H26N4O2. The number of carbonyl (C=O) groups excluding carboxylic acids is 2. The Bertz CT molecular complexity index is 783. The van der Waals surface area contributed by atoms with Gasteiger partial charge < -0.3 is 14.8 Å². The van der Waals surface area contributed by atoms with Crippen LogP contribution in [0.4, 0.5) is 0 Å². The summed E-state index contributed by atoms with van der Waals surface area (Å²) in [6, 6.07) is 5.54. The molecule has 1 aromatic carbocycles. The number of aromatic amines is 1. The van der Waals surface area contributed by atoms with Crippen molar-refractivity contribution in [1.82, 2.24) is 19.8 Å². The summed E-state index contributed by atoms with van der Waals surface area (Å²) in [4.78, 5) is 36.5. The van der Waals surface area contributed by atoms with Gasteiger partial charge >= 0.3 is 0 Å². The minimum atomic E-state index is -0.315. The topological polar surface area (TPSA) is 69.3 Å². The summed E-state index contributed by atoms with van der Waals surface area (Å²) >= 11 is 0. The number of unbranched alkanes of at least 4 members (excludes halogenated alkanes) is 1. The average Bonchev–Trinajstić information content (AvgIpc) is 2.95. The van der Waals surface area contributed by atoms with Crippen molar-refractivity contribution in [1.29, 1.82) is 0 Å². The standard InChI is InChI=1S/C19H26N4O2/c1-4-5-6-17-19(25)22(3)9-10-23(17)18(24)12-14-7-8-15-16(11-14)21-13(2)20-15/h7-8,11,17H,4-6,9-10,12H2,1-3H3,(H,20,21)/t17-/m1/s1. The zero-order valence-electron chi connectivity index (χ0n) is 15.2. The van der Waals surface area contributed by atoms with Crippen LogP contribution in [-0.2, 0) is 16.0 Å². The van der Waals surface area contributed by atoms with E-state index in [0.717, 1.165) is 41.7 Å². The zero-order chi connectivity index (χ0) is 18.0. The summed E-state index contributed by atoms with van der Waals surface area (Å²) in [5, 5.41) is 0. The number of aromatic nitrogens is 2. The van der Waals surface area contributed by atoms with Crippen molar-refractivity contribution in [2.24, 2.45) is 0 Å². The number of rotatable bonds is 5. The molecule has 1 atom stereocenters. The molecular weight excluding hydrogens is 316 g/mol. The molecule has 1 saturated heterocycles. The summed E-state index contributed by atoms with van der Waals surface area (Å²) in [6.07, 6.45) is 3.02. The molecule has 1 N–H and O–H groups in total. The molecule has 2 heterocycles. The summed E-state index contributed by atoms with van der Waals surface area (Å²) in [5.74, 6) is 0.952. The van der Waals surface area contributed by atoms with E-state index in [9.17, 15) is 9.59 Å². The first kappa shape index (κ1) is 17.5. The van der Waals surface area contributed by atoms with Crippen molar-refractivity contribution in [2.75, 3.05) is 20.1 Å². The highest BCUT2D eigenvalue weighted by Gasteiger charge is 2.35. The van der Waals surface area contributed by atoms with Crippen LogP contribution in [0.25, 0.3) is 11.0 Å². The number of imidazole rings is 1. The number of fused-ring (bicyclic) bond motifs is 1. The maximum Gasteiger partial charge on any atom is 0.245 e. The van der Waals surface area contributed by atoms with E-state index in [2.05, 4.69) is 16.9 Å². The first-order valence-corrected chi connectivity index (χ1v) is 8.99. The molecule has 134 valence electrons. The van der Waals surface area contributed by atoms with Crippen LogP contribution in [0.1, 0.15) is 37.6 Å². The van der Waals surface area contributed by atoms with Gasteiger partial charge in [-0.2, -0.15) is 0 Å². The van der Waals surface area contributed by atoms with Crippen molar-refractivity contribution in [3.63, 3.8) is 0 Å². The minimum Gasteiger partial charge on any atom is -0.342 e. The fraction of sp³-hybridized carbons (Fsp3) is 0.526. The second kappa shape index (κ2) is 7.25. The highest BCUT2D eigenvalue weighted by Crippen LogP contribution is 2.19. The monoisotopic (exact) mass is 342 g/mol. The molecule has 0 aliphatic carbocycles. The molecule has 2 amide bonds. The third kappa shape index (κ3) is 3.67. The van der Waals surface area contributed by atoms with Gasteiger partial charge in [0.15, 0.2) is 0 Å². The van der Waals surface area contributed by atoms with Gasteiger partial charge in [-0.15, -0.1) is 0 Å². The van der Waals surface area contributed by atoms with E-state index in [1.54, 1.807) is 9.80 Å². The molecule has 0 spiro atoms. The molecule has 0 radical (unpaired) electrons. The molecule has 1 aromatic heterocycles. The Kier molecular flexibility index (Phi) is 5.06. The Morgan fingerprint density at radius 1 is 1.36 bits per heavy atom. The highest BCUT2D eigenvalue weighted by molar-refractivity contribution is 5.90. The average molecular weight is 342 g/mol. The van der Waals surface area contributed by atoms with Gasteiger partial charge in [0.2, 0.25) is 11.8 Å². The predicted molar refractivity (Wildman–Crippen MR) is 97.2 cm³/mol. The number of H-pyrrole nitrogens is 1. The van der Waals surface area contributed by atoms with E-state index in [4.69, 9.17) is 0 Å². The van der Waals surface area contributed by atoms with Crippen LogP contribution in [0.5, 0.6) is 0 Å². The molecule has 1 fully saturated rings. The van der Waals surface area contributed by atoms with Crippen molar-refractivity contribution in [2.45, 2.75) is 45.6 Å². The fourth-order valence-electron chi connectivity index (χ4n) is 3.46. The number of aryl methyl sites for hydroxylation is 1. The molecule has 0 bridgehead atoms. The van der Waals surface area contributed by atoms with Crippen LogP contribution >= 0.6 is 0 Å². The van der Waals surface area contributed by atoms with Gasteiger partial charge in [0.25, 0.3) is 0 Å². The number of hydrogen-bond acceptors (Lipinski definition) is 3. The van der Waals surface area contributed by atoms with Crippen LogP contribution in [0.15, 0.2) is 18.2 Å². The van der Waals surface area contributed by atoms with E-state index in [-0.39, 0.29) is 17.9 Å². The number of likely N-dealkylation sites (N-methyl/N-ethyl adjacent to an activating group) is 1. The van der Waals surface area contributed by atoms with Gasteiger partial charge in [0.1, 0.15) is 11.9 Å². The van der Waals surface area contributed by atoms with E-state index >= 15 is 0 Å². The number of hydrogen-bond donors (Lipinski definition) is 1. The number of piperazine rings is 1. The summed E-state index contributed by atoms with van der Waals surface area (Å²) in [7, 11) is 1.82. The number of benzene rings is 1. The van der Waals surface area contributed by atoms with Gasteiger partial charge in [-0.3, -0.25) is 9.59 Å². The normalized spacial score (nSPS) is 18.2. The third-order valence-electron chi connectivity index (χ3n) is 4.89. The van der Waals surface area contributed by atoms with Crippen LogP contribution in [0.2, 0.25) is 0 Å². The minimum absolute atomic E-state index is 0.0261. The lowest BCUT2D eigenvalue weighted by molar-refractivity contribution is -0.150. The van der Waals surface area contributed by atoms with Crippen molar-refractivity contribution >= 4 is 22.8 Å². The SMILES string of the molecule is CCCC[C@@H]1C(=O)N(C)CCN1C(=O)Cc1ccc2nc(C)[nH]c2c1. The van der Waals surface area contributed by atoms with Gasteiger partial charge in [-0.25, -0.2) is 4.98 Å². The molecule has 6 nitrogen and oxygen atoms in total. The number of amides is 2. The van der Waals surface area contributed by atoms with Crippen molar-refractivity contribution < 1.29 is 9.59 Å². The summed E-state index contributed by atoms with van der Waals surface area (Å²) < 4.78 is 0. The predicted octanol–water partition coefficient (Wildman–Crippen LogP) is 2.27. The van der Waals surface area contributed by atoms with Crippen molar-refractivity contribution in [3.8, 4) is 0 Å². The maximum absolute atomic E-state index is 12.9. The second-order valence-electron chi connectivity index (χ2n) is 6.86. The van der Waals surface area contributed by atoms with E-state index in [0.29, 0.717) is 19.5 Å². The summed E-state index contributed by atoms with van der Waals surface area (Å²) in [5.41, 5.74) is 2.80. The van der Waals surface area contributed by atoms with Gasteiger partial charge in [-0.05, 0) is 31.0 Å². The van der Waals surface area contributed by atoms with Crippen LogP contribution in [0, 0.1) is 6.92 Å². The Morgan fingerprint density at radius 2 is 2.16 bits per heavy atom. The van der Waals surface area contributed by atoms with Gasteiger partial charge in [-0.1, -0.05) is 25.8 Å². The lowest BCUT2D eigenvalue weighted by Gasteiger charge is -2.39. The Morgan fingerprint density at radius 3 is 2.92 bits per heavy atom. The first-order valence-electron chi connectivity index (χ1n) is 8.99. The molecule has 0 unspecified atom stereocenters. The van der Waals surface area contributed by atoms with Crippen LogP contribution < -0.4 is 0 Å². The quantitative estimate of drug-likeness (QED) is 0.906. The molecule has 6 heteroatoms. The number of carbonyl (C=O) groups is 2. The van der Waals surface area contributed by atoms with Crippen LogP contribution in [0.3, 0.4) is 0 Å². The number of nitrogens with one attached hydrogen (secondary N) is 1. The Hall–Kier alpha value is -2.37. The van der Waals surface area contributed by atoms with Gasteiger partial charge in [0.05, 0.1) is 17.5 Å². The first-order chi connectivity index (χ1) is 12.0. The van der Waals surface area contributed by atoms with Crippen molar-refractivity contribution in [3.05, 3.63) is 29.6 Å². The van der Waals surface area contributed by atoms with Crippen LogP contribution in [-0.4, -0.2) is 57.8 Å². The third-order valence-corrected chi connectivity index (χ3v) is 4.89. The van der Waals surface area contributed by atoms with E-state index in [1.165, 1.54) is 0 Å². The maximum atomic E-state index is 12.9. The largest absolute Gasteiger partial charge is 0.342 e. The highest BCUT2D eigenvalue weighted by atomic mass is 16.2. The van der Waals surface area contributed by atoms with E-state index in [1.807, 2.05) is 32.2 Å². The Balaban J connectivity index is 1.76. The Labute approximate surface area is 148 Å². The second-order valence-corrected chi connectivity index (χ2v) is 6.86. The number of nitrogens with zero attached hydrogens (tertiary/aromatic N) is 3. The summed E-state index contributed by atoms with van der Waals surface area (Å²) in [6.45, 7) is 5.23. The smallest absolute Gasteiger partial charge is 0.245 e. The lowest BCUT2D eigenvalue weighted by atomic mass is 10.0. The molecule has 1 aliphatic heterocycles. The molecule has 25 heavy (non-hydrogen) atoms. The lowest BCUT2D eigenvalue weighted by Crippen LogP contribution is -2.57. The van der Waals surface area contributed by atoms with E-state index < -0.39 is 0 Å². The fourth-order valence-corrected chi connectivity index (χ4v) is 3.46.